The second kappa shape index (κ2) is 9.85. The molecular formula is C23H23ClN2O4S. The standard InChI is InChI=1S/C23H23ClN2O4S/c1-17-6-3-4-7-18(17)15-25-23(27)16-26(20-9-5-8-19(24)14-20)31(28,29)22-12-10-21(30-2)11-13-22/h3-14H,15-16H2,1-2H3,(H,25,27). The summed E-state index contributed by atoms with van der Waals surface area (Å²) in [6.45, 7) is 1.87. The molecule has 0 aliphatic heterocycles. The van der Waals surface area contributed by atoms with Gasteiger partial charge in [-0.3, -0.25) is 9.10 Å². The van der Waals surface area contributed by atoms with Gasteiger partial charge in [0.25, 0.3) is 10.0 Å². The third kappa shape index (κ3) is 5.57. The van der Waals surface area contributed by atoms with Crippen molar-refractivity contribution in [2.45, 2.75) is 18.4 Å². The number of nitrogens with one attached hydrogen (secondary N) is 1. The molecule has 3 aromatic carbocycles. The fraction of sp³-hybridized carbons (Fsp3) is 0.174. The van der Waals surface area contributed by atoms with Crippen molar-refractivity contribution >= 4 is 33.2 Å². The van der Waals surface area contributed by atoms with Crippen LogP contribution in [0.3, 0.4) is 0 Å². The van der Waals surface area contributed by atoms with Crippen molar-refractivity contribution in [3.8, 4) is 5.75 Å². The van der Waals surface area contributed by atoms with Crippen molar-refractivity contribution < 1.29 is 17.9 Å². The van der Waals surface area contributed by atoms with Gasteiger partial charge < -0.3 is 10.1 Å². The molecule has 0 aromatic heterocycles. The largest absolute Gasteiger partial charge is 0.497 e. The highest BCUT2D eigenvalue weighted by Crippen LogP contribution is 2.27. The summed E-state index contributed by atoms with van der Waals surface area (Å²) in [5, 5.41) is 3.17. The molecule has 3 aromatic rings. The molecule has 8 heteroatoms. The van der Waals surface area contributed by atoms with Gasteiger partial charge in [-0.25, -0.2) is 8.42 Å². The van der Waals surface area contributed by atoms with Crippen LogP contribution in [0.4, 0.5) is 5.69 Å². The van der Waals surface area contributed by atoms with E-state index >= 15 is 0 Å². The summed E-state index contributed by atoms with van der Waals surface area (Å²) < 4.78 is 32.9. The van der Waals surface area contributed by atoms with Gasteiger partial charge in [-0.1, -0.05) is 41.9 Å². The van der Waals surface area contributed by atoms with Crippen LogP contribution in [-0.2, 0) is 21.4 Å². The van der Waals surface area contributed by atoms with Gasteiger partial charge in [0.15, 0.2) is 0 Å². The Balaban J connectivity index is 1.87. The highest BCUT2D eigenvalue weighted by Gasteiger charge is 2.27. The van der Waals surface area contributed by atoms with Gasteiger partial charge in [0.2, 0.25) is 5.91 Å². The molecule has 31 heavy (non-hydrogen) atoms. The Morgan fingerprint density at radius 3 is 2.39 bits per heavy atom. The third-order valence-corrected chi connectivity index (χ3v) is 6.79. The Morgan fingerprint density at radius 2 is 1.74 bits per heavy atom. The van der Waals surface area contributed by atoms with Crippen molar-refractivity contribution in [1.82, 2.24) is 5.32 Å². The number of sulfonamides is 1. The molecule has 0 atom stereocenters. The Hall–Kier alpha value is -3.03. The summed E-state index contributed by atoms with van der Waals surface area (Å²) in [6, 6.07) is 20.1. The topological polar surface area (TPSA) is 75.7 Å². The summed E-state index contributed by atoms with van der Waals surface area (Å²) in [7, 11) is -2.52. The van der Waals surface area contributed by atoms with Gasteiger partial charge in [-0.05, 0) is 60.5 Å². The number of carbonyl (C=O) groups excluding carboxylic acids is 1. The summed E-state index contributed by atoms with van der Waals surface area (Å²) in [6.07, 6.45) is 0. The Morgan fingerprint density at radius 1 is 1.03 bits per heavy atom. The molecule has 0 saturated carbocycles. The number of anilines is 1. The number of rotatable bonds is 8. The van der Waals surface area contributed by atoms with E-state index in [1.165, 1.54) is 25.3 Å². The molecule has 6 nitrogen and oxygen atoms in total. The van der Waals surface area contributed by atoms with Gasteiger partial charge >= 0.3 is 0 Å². The van der Waals surface area contributed by atoms with Crippen molar-refractivity contribution in [2.75, 3.05) is 18.0 Å². The normalized spacial score (nSPS) is 11.1. The van der Waals surface area contributed by atoms with Crippen LogP contribution in [0.15, 0.2) is 77.7 Å². The van der Waals surface area contributed by atoms with Crippen LogP contribution in [0.5, 0.6) is 5.75 Å². The lowest BCUT2D eigenvalue weighted by Gasteiger charge is -2.24. The molecule has 1 amide bonds. The zero-order valence-electron chi connectivity index (χ0n) is 17.2. The average molecular weight is 459 g/mol. The van der Waals surface area contributed by atoms with Crippen LogP contribution in [0.2, 0.25) is 5.02 Å². The number of hydrogen-bond acceptors (Lipinski definition) is 4. The predicted molar refractivity (Wildman–Crippen MR) is 122 cm³/mol. The minimum Gasteiger partial charge on any atom is -0.497 e. The molecule has 0 spiro atoms. The number of amides is 1. The lowest BCUT2D eigenvalue weighted by Crippen LogP contribution is -2.40. The summed E-state index contributed by atoms with van der Waals surface area (Å²) in [5.74, 6) is 0.101. The van der Waals surface area contributed by atoms with E-state index < -0.39 is 15.9 Å². The number of methoxy groups -OCH3 is 1. The fourth-order valence-electron chi connectivity index (χ4n) is 3.01. The van der Waals surface area contributed by atoms with Crippen LogP contribution in [0.1, 0.15) is 11.1 Å². The first-order valence-electron chi connectivity index (χ1n) is 9.55. The zero-order chi connectivity index (χ0) is 22.4. The maximum Gasteiger partial charge on any atom is 0.264 e. The first-order valence-corrected chi connectivity index (χ1v) is 11.4. The quantitative estimate of drug-likeness (QED) is 0.549. The molecule has 0 saturated heterocycles. The van der Waals surface area contributed by atoms with Crippen molar-refractivity contribution in [3.63, 3.8) is 0 Å². The monoisotopic (exact) mass is 458 g/mol. The van der Waals surface area contributed by atoms with E-state index in [9.17, 15) is 13.2 Å². The van der Waals surface area contributed by atoms with Crippen molar-refractivity contribution in [1.29, 1.82) is 0 Å². The highest BCUT2D eigenvalue weighted by molar-refractivity contribution is 7.92. The minimum atomic E-state index is -4.02. The van der Waals surface area contributed by atoms with E-state index in [4.69, 9.17) is 16.3 Å². The zero-order valence-corrected chi connectivity index (χ0v) is 18.8. The van der Waals surface area contributed by atoms with E-state index in [1.54, 1.807) is 30.3 Å². The molecule has 1 N–H and O–H groups in total. The van der Waals surface area contributed by atoms with Crippen LogP contribution in [-0.4, -0.2) is 28.0 Å². The minimum absolute atomic E-state index is 0.0416. The number of halogens is 1. The SMILES string of the molecule is COc1ccc(S(=O)(=O)N(CC(=O)NCc2ccccc2C)c2cccc(Cl)c2)cc1. The van der Waals surface area contributed by atoms with E-state index in [0.29, 0.717) is 23.0 Å². The molecule has 0 heterocycles. The maximum absolute atomic E-state index is 13.4. The van der Waals surface area contributed by atoms with Gasteiger partial charge in [-0.15, -0.1) is 0 Å². The average Bonchev–Trinajstić information content (AvgIpc) is 2.77. The van der Waals surface area contributed by atoms with Crippen LogP contribution in [0.25, 0.3) is 0 Å². The molecule has 0 aliphatic carbocycles. The molecular weight excluding hydrogens is 436 g/mol. The number of nitrogens with zero attached hydrogens (tertiary/aromatic N) is 1. The molecule has 162 valence electrons. The van der Waals surface area contributed by atoms with E-state index in [2.05, 4.69) is 5.32 Å². The Bertz CT molecular complexity index is 1160. The van der Waals surface area contributed by atoms with Crippen molar-refractivity contribution in [3.05, 3.63) is 88.9 Å². The van der Waals surface area contributed by atoms with Crippen molar-refractivity contribution in [2.24, 2.45) is 0 Å². The predicted octanol–water partition coefficient (Wildman–Crippen LogP) is 4.17. The number of carbonyl (C=O) groups is 1. The van der Waals surface area contributed by atoms with E-state index in [1.807, 2.05) is 31.2 Å². The number of benzene rings is 3. The summed E-state index contributed by atoms with van der Waals surface area (Å²) in [4.78, 5) is 12.7. The molecule has 0 aliphatic rings. The lowest BCUT2D eigenvalue weighted by molar-refractivity contribution is -0.119. The first-order chi connectivity index (χ1) is 14.8. The summed E-state index contributed by atoms with van der Waals surface area (Å²) >= 11 is 6.08. The van der Waals surface area contributed by atoms with E-state index in [0.717, 1.165) is 15.4 Å². The fourth-order valence-corrected chi connectivity index (χ4v) is 4.61. The number of ether oxygens (including phenoxy) is 1. The second-order valence-corrected chi connectivity index (χ2v) is 9.17. The smallest absolute Gasteiger partial charge is 0.264 e. The highest BCUT2D eigenvalue weighted by atomic mass is 35.5. The van der Waals surface area contributed by atoms with E-state index in [-0.39, 0.29) is 11.4 Å². The van der Waals surface area contributed by atoms with Crippen LogP contribution < -0.4 is 14.4 Å². The van der Waals surface area contributed by atoms with Crippen LogP contribution in [0, 0.1) is 6.92 Å². The third-order valence-electron chi connectivity index (χ3n) is 4.77. The number of hydrogen-bond donors (Lipinski definition) is 1. The van der Waals surface area contributed by atoms with Gasteiger partial charge in [0.1, 0.15) is 12.3 Å². The summed E-state index contributed by atoms with van der Waals surface area (Å²) in [5.41, 5.74) is 2.30. The molecule has 0 unspecified atom stereocenters. The first kappa shape index (κ1) is 22.7. The maximum atomic E-state index is 13.4. The molecule has 0 radical (unpaired) electrons. The second-order valence-electron chi connectivity index (χ2n) is 6.87. The Labute approximate surface area is 187 Å². The molecule has 0 fully saturated rings. The number of aryl methyl sites for hydroxylation is 1. The lowest BCUT2D eigenvalue weighted by atomic mass is 10.1. The van der Waals surface area contributed by atoms with Gasteiger partial charge in [0, 0.05) is 11.6 Å². The van der Waals surface area contributed by atoms with Crippen LogP contribution >= 0.6 is 11.6 Å². The molecule has 3 rings (SSSR count). The Kier molecular flexibility index (Phi) is 7.20. The molecule has 0 bridgehead atoms. The van der Waals surface area contributed by atoms with Gasteiger partial charge in [-0.2, -0.15) is 0 Å². The van der Waals surface area contributed by atoms with Gasteiger partial charge in [0.05, 0.1) is 17.7 Å².